The van der Waals surface area contributed by atoms with Gasteiger partial charge in [-0.2, -0.15) is 4.98 Å². The molecule has 4 aromatic heterocycles. The molecule has 7 nitrogen and oxygen atoms in total. The van der Waals surface area contributed by atoms with Gasteiger partial charge in [-0.05, 0) is 43.3 Å². The number of hydrogen-bond acceptors (Lipinski definition) is 7. The van der Waals surface area contributed by atoms with Crippen LogP contribution in [0, 0.1) is 6.92 Å². The molecule has 0 bridgehead atoms. The molecule has 0 spiro atoms. The molecule has 0 aromatic carbocycles. The van der Waals surface area contributed by atoms with E-state index in [1.54, 1.807) is 6.33 Å². The molecule has 9 heteroatoms. The van der Waals surface area contributed by atoms with E-state index >= 15 is 0 Å². The molecule has 4 aromatic rings. The number of piperidine rings is 1. The Morgan fingerprint density at radius 2 is 2.03 bits per heavy atom. The van der Waals surface area contributed by atoms with E-state index in [-0.39, 0.29) is 0 Å². The first kappa shape index (κ1) is 18.3. The van der Waals surface area contributed by atoms with Crippen molar-refractivity contribution in [1.82, 2.24) is 24.6 Å². The number of nitrogens with one attached hydrogen (secondary N) is 1. The molecule has 0 aliphatic carbocycles. The van der Waals surface area contributed by atoms with Crippen LogP contribution < -0.4 is 10.2 Å². The van der Waals surface area contributed by atoms with Gasteiger partial charge in [-0.3, -0.25) is 0 Å². The molecule has 29 heavy (non-hydrogen) atoms. The summed E-state index contributed by atoms with van der Waals surface area (Å²) in [6.07, 6.45) is 5.55. The molecule has 1 aliphatic rings. The molecule has 148 valence electrons. The predicted octanol–water partition coefficient (Wildman–Crippen LogP) is 4.29. The van der Waals surface area contributed by atoms with Crippen LogP contribution in [0.2, 0.25) is 4.34 Å². The standard InChI is InChI=1S/C20H20ClN7S/c1-13-11-17(23-12-22-13)27-8-4-14(5-9-27)24-20-25-19-16(3-2-7-28(19)26-20)15-6-10-29-18(15)21/h2-3,6-7,10-12,14H,4-5,8-9H2,1H3,(H,24,26). The number of rotatable bonds is 4. The topological polar surface area (TPSA) is 71.2 Å². The van der Waals surface area contributed by atoms with Crippen molar-refractivity contribution < 1.29 is 0 Å². The largest absolute Gasteiger partial charge is 0.356 e. The summed E-state index contributed by atoms with van der Waals surface area (Å²) in [6, 6.07) is 8.39. The van der Waals surface area contributed by atoms with E-state index in [0.29, 0.717) is 12.0 Å². The number of hydrogen-bond donors (Lipinski definition) is 1. The first-order chi connectivity index (χ1) is 14.2. The van der Waals surface area contributed by atoms with Crippen molar-refractivity contribution in [2.75, 3.05) is 23.3 Å². The van der Waals surface area contributed by atoms with E-state index in [1.165, 1.54) is 11.3 Å². The van der Waals surface area contributed by atoms with E-state index in [1.807, 2.05) is 47.3 Å². The maximum absolute atomic E-state index is 6.34. The molecule has 1 fully saturated rings. The maximum Gasteiger partial charge on any atom is 0.243 e. The van der Waals surface area contributed by atoms with Gasteiger partial charge in [0, 0.05) is 48.2 Å². The predicted molar refractivity (Wildman–Crippen MR) is 117 cm³/mol. The number of pyridine rings is 1. The van der Waals surface area contributed by atoms with Gasteiger partial charge in [0.05, 0.1) is 0 Å². The fourth-order valence-electron chi connectivity index (χ4n) is 3.71. The number of aromatic nitrogens is 5. The van der Waals surface area contributed by atoms with E-state index in [4.69, 9.17) is 16.6 Å². The van der Waals surface area contributed by atoms with Crippen LogP contribution in [0.25, 0.3) is 16.8 Å². The van der Waals surface area contributed by atoms with Crippen LogP contribution >= 0.6 is 22.9 Å². The van der Waals surface area contributed by atoms with Crippen LogP contribution in [0.15, 0.2) is 42.2 Å². The lowest BCUT2D eigenvalue weighted by Gasteiger charge is -2.32. The van der Waals surface area contributed by atoms with Gasteiger partial charge in [0.15, 0.2) is 5.65 Å². The van der Waals surface area contributed by atoms with Gasteiger partial charge < -0.3 is 10.2 Å². The Morgan fingerprint density at radius 1 is 1.17 bits per heavy atom. The summed E-state index contributed by atoms with van der Waals surface area (Å²) in [6.45, 7) is 3.88. The van der Waals surface area contributed by atoms with E-state index in [0.717, 1.165) is 58.6 Å². The van der Waals surface area contributed by atoms with Crippen LogP contribution in [-0.2, 0) is 0 Å². The third kappa shape index (κ3) is 3.65. The summed E-state index contributed by atoms with van der Waals surface area (Å²) in [4.78, 5) is 15.6. The molecule has 0 atom stereocenters. The number of nitrogens with zero attached hydrogens (tertiary/aromatic N) is 6. The van der Waals surface area contributed by atoms with Crippen LogP contribution in [-0.4, -0.2) is 43.7 Å². The smallest absolute Gasteiger partial charge is 0.243 e. The van der Waals surface area contributed by atoms with E-state index in [9.17, 15) is 0 Å². The zero-order valence-electron chi connectivity index (χ0n) is 15.9. The Morgan fingerprint density at radius 3 is 2.79 bits per heavy atom. The Labute approximate surface area is 177 Å². The lowest BCUT2D eigenvalue weighted by atomic mass is 10.1. The van der Waals surface area contributed by atoms with Crippen LogP contribution in [0.4, 0.5) is 11.8 Å². The van der Waals surface area contributed by atoms with E-state index < -0.39 is 0 Å². The highest BCUT2D eigenvalue weighted by Crippen LogP contribution is 2.34. The molecule has 5 rings (SSSR count). The van der Waals surface area contributed by atoms with Crippen molar-refractivity contribution in [3.63, 3.8) is 0 Å². The zero-order chi connectivity index (χ0) is 19.8. The Balaban J connectivity index is 1.31. The molecule has 0 amide bonds. The Hall–Kier alpha value is -2.71. The number of halogens is 1. The maximum atomic E-state index is 6.34. The van der Waals surface area contributed by atoms with Crippen molar-refractivity contribution in [1.29, 1.82) is 0 Å². The minimum Gasteiger partial charge on any atom is -0.356 e. The highest BCUT2D eigenvalue weighted by molar-refractivity contribution is 7.15. The van der Waals surface area contributed by atoms with Gasteiger partial charge in [0.1, 0.15) is 16.5 Å². The highest BCUT2D eigenvalue weighted by Gasteiger charge is 2.22. The summed E-state index contributed by atoms with van der Waals surface area (Å²) in [7, 11) is 0. The highest BCUT2D eigenvalue weighted by atomic mass is 35.5. The molecule has 1 saturated heterocycles. The fourth-order valence-corrected chi connectivity index (χ4v) is 4.66. The number of thiophene rings is 1. The SMILES string of the molecule is Cc1cc(N2CCC(Nc3nc4c(-c5ccsc5Cl)cccn4n3)CC2)ncn1. The van der Waals surface area contributed by atoms with Crippen molar-refractivity contribution in [2.24, 2.45) is 0 Å². The van der Waals surface area contributed by atoms with Gasteiger partial charge in [-0.15, -0.1) is 16.4 Å². The van der Waals surface area contributed by atoms with Gasteiger partial charge in [0.2, 0.25) is 5.95 Å². The van der Waals surface area contributed by atoms with Crippen molar-refractivity contribution in [3.8, 4) is 11.1 Å². The van der Waals surface area contributed by atoms with Crippen LogP contribution in [0.1, 0.15) is 18.5 Å². The number of fused-ring (bicyclic) bond motifs is 1. The molecule has 0 unspecified atom stereocenters. The summed E-state index contributed by atoms with van der Waals surface area (Å²) in [5.74, 6) is 1.65. The van der Waals surface area contributed by atoms with Crippen molar-refractivity contribution in [3.05, 3.63) is 52.2 Å². The first-order valence-electron chi connectivity index (χ1n) is 9.56. The fraction of sp³-hybridized carbons (Fsp3) is 0.300. The number of anilines is 2. The zero-order valence-corrected chi connectivity index (χ0v) is 17.5. The molecule has 1 aliphatic heterocycles. The van der Waals surface area contributed by atoms with Crippen molar-refractivity contribution in [2.45, 2.75) is 25.8 Å². The Kier molecular flexibility index (Phi) is 4.81. The van der Waals surface area contributed by atoms with Crippen LogP contribution in [0.3, 0.4) is 0 Å². The number of aryl methyl sites for hydroxylation is 1. The summed E-state index contributed by atoms with van der Waals surface area (Å²) < 4.78 is 2.58. The third-order valence-electron chi connectivity index (χ3n) is 5.21. The quantitative estimate of drug-likeness (QED) is 0.526. The van der Waals surface area contributed by atoms with Gasteiger partial charge in [-0.1, -0.05) is 11.6 Å². The van der Waals surface area contributed by atoms with Crippen molar-refractivity contribution >= 4 is 40.4 Å². The molecule has 1 N–H and O–H groups in total. The van der Waals surface area contributed by atoms with Gasteiger partial charge in [0.25, 0.3) is 0 Å². The summed E-state index contributed by atoms with van der Waals surface area (Å²) >= 11 is 7.86. The summed E-state index contributed by atoms with van der Waals surface area (Å²) in [5, 5.41) is 10.1. The molecule has 0 radical (unpaired) electrons. The average molecular weight is 426 g/mol. The lowest BCUT2D eigenvalue weighted by Crippen LogP contribution is -2.39. The normalized spacial score (nSPS) is 15.2. The minimum absolute atomic E-state index is 0.333. The summed E-state index contributed by atoms with van der Waals surface area (Å²) in [5.41, 5.74) is 3.79. The average Bonchev–Trinajstić information content (AvgIpc) is 3.34. The van der Waals surface area contributed by atoms with Gasteiger partial charge in [-0.25, -0.2) is 14.5 Å². The van der Waals surface area contributed by atoms with Crippen LogP contribution in [0.5, 0.6) is 0 Å². The minimum atomic E-state index is 0.333. The van der Waals surface area contributed by atoms with E-state index in [2.05, 4.69) is 25.3 Å². The first-order valence-corrected chi connectivity index (χ1v) is 10.8. The second-order valence-corrected chi connectivity index (χ2v) is 8.67. The van der Waals surface area contributed by atoms with Gasteiger partial charge >= 0.3 is 0 Å². The molecule has 0 saturated carbocycles. The second kappa shape index (κ2) is 7.61. The lowest BCUT2D eigenvalue weighted by molar-refractivity contribution is 0.520. The molecular weight excluding hydrogens is 406 g/mol. The molecule has 5 heterocycles. The second-order valence-electron chi connectivity index (χ2n) is 7.16. The Bertz CT molecular complexity index is 1150. The monoisotopic (exact) mass is 425 g/mol. The molecular formula is C20H20ClN7S. The third-order valence-corrected chi connectivity index (χ3v) is 6.38.